The summed E-state index contributed by atoms with van der Waals surface area (Å²) in [6, 6.07) is 6.44. The Morgan fingerprint density at radius 1 is 1.21 bits per heavy atom. The minimum atomic E-state index is -4.63. The number of fused-ring (bicyclic) bond motifs is 1. The third-order valence-corrected chi connectivity index (χ3v) is 4.39. The van der Waals surface area contributed by atoms with E-state index in [1.807, 2.05) is 0 Å². The van der Waals surface area contributed by atoms with Crippen molar-refractivity contribution in [2.24, 2.45) is 0 Å². The fourth-order valence-electron chi connectivity index (χ4n) is 2.68. The van der Waals surface area contributed by atoms with Crippen LogP contribution in [-0.4, -0.2) is 13.0 Å². The van der Waals surface area contributed by atoms with Crippen LogP contribution in [0.15, 0.2) is 30.3 Å². The fourth-order valence-corrected chi connectivity index (χ4v) is 3.09. The van der Waals surface area contributed by atoms with Gasteiger partial charge in [-0.15, -0.1) is 11.6 Å². The number of alkyl halides is 4. The Hall–Kier alpha value is -1.92. The van der Waals surface area contributed by atoms with Gasteiger partial charge in [-0.3, -0.25) is 4.79 Å². The van der Waals surface area contributed by atoms with Gasteiger partial charge in [-0.2, -0.15) is 13.2 Å². The highest BCUT2D eigenvalue weighted by atomic mass is 35.5. The molecule has 24 heavy (non-hydrogen) atoms. The monoisotopic (exact) mass is 375 g/mol. The Bertz CT molecular complexity index is 837. The van der Waals surface area contributed by atoms with Crippen molar-refractivity contribution in [3.63, 3.8) is 0 Å². The molecule has 1 atom stereocenters. The topological polar surface area (TPSA) is 38.3 Å². The molecule has 1 N–H and O–H groups in total. The number of benzene rings is 2. The molecule has 2 aromatic carbocycles. The van der Waals surface area contributed by atoms with Crippen LogP contribution in [0.2, 0.25) is 5.02 Å². The summed E-state index contributed by atoms with van der Waals surface area (Å²) < 4.78 is 45.7. The highest BCUT2D eigenvalue weighted by Gasteiger charge is 2.40. The maximum atomic E-state index is 13.5. The first-order valence-electron chi connectivity index (χ1n) is 6.77. The number of hydrogen-bond donors (Lipinski definition) is 1. The molecule has 2 aromatic rings. The van der Waals surface area contributed by atoms with Crippen LogP contribution < -0.4 is 10.1 Å². The van der Waals surface area contributed by atoms with Crippen LogP contribution in [0.4, 0.5) is 18.9 Å². The van der Waals surface area contributed by atoms with Gasteiger partial charge in [-0.05, 0) is 24.3 Å². The van der Waals surface area contributed by atoms with E-state index in [2.05, 4.69) is 5.32 Å². The molecule has 126 valence electrons. The highest BCUT2D eigenvalue weighted by Crippen LogP contribution is 2.50. The Morgan fingerprint density at radius 3 is 2.54 bits per heavy atom. The van der Waals surface area contributed by atoms with Crippen molar-refractivity contribution in [2.45, 2.75) is 11.6 Å². The van der Waals surface area contributed by atoms with E-state index in [4.69, 9.17) is 27.9 Å². The van der Waals surface area contributed by atoms with E-state index in [1.165, 1.54) is 31.4 Å². The van der Waals surface area contributed by atoms with Gasteiger partial charge >= 0.3 is 6.18 Å². The Balaban J connectivity index is 2.38. The first-order valence-corrected chi connectivity index (χ1v) is 7.58. The van der Waals surface area contributed by atoms with Crippen molar-refractivity contribution in [3.8, 4) is 16.9 Å². The van der Waals surface area contributed by atoms with Crippen LogP contribution in [-0.2, 0) is 11.0 Å². The van der Waals surface area contributed by atoms with Gasteiger partial charge in [0.25, 0.3) is 0 Å². The second kappa shape index (κ2) is 5.86. The number of rotatable bonds is 2. The summed E-state index contributed by atoms with van der Waals surface area (Å²) in [6.45, 7) is 0. The van der Waals surface area contributed by atoms with Gasteiger partial charge in [-0.1, -0.05) is 17.7 Å². The molecule has 1 heterocycles. The molecule has 0 bridgehead atoms. The van der Waals surface area contributed by atoms with Gasteiger partial charge in [0, 0.05) is 21.7 Å². The van der Waals surface area contributed by atoms with Crippen molar-refractivity contribution >= 4 is 34.8 Å². The van der Waals surface area contributed by atoms with Gasteiger partial charge in [0.1, 0.15) is 11.1 Å². The number of hydrogen-bond acceptors (Lipinski definition) is 2. The van der Waals surface area contributed by atoms with E-state index in [-0.39, 0.29) is 33.1 Å². The smallest absolute Gasteiger partial charge is 0.417 e. The van der Waals surface area contributed by atoms with E-state index < -0.39 is 23.0 Å². The van der Waals surface area contributed by atoms with Crippen LogP contribution in [0.3, 0.4) is 0 Å². The van der Waals surface area contributed by atoms with E-state index in [1.54, 1.807) is 0 Å². The first-order chi connectivity index (χ1) is 11.2. The zero-order valence-electron chi connectivity index (χ0n) is 12.2. The standard InChI is InChI=1S/C16H10Cl2F3NO2/c1-24-11-5-2-7(17)6-9(11)12-10(16(19,20)21)4-3-8-13(18)15(23)22-14(8)12/h2-6,13H,1H3,(H,22,23)/t13-/m1/s1. The molecular weight excluding hydrogens is 366 g/mol. The Kier molecular flexibility index (Phi) is 4.13. The van der Waals surface area contributed by atoms with E-state index in [0.717, 1.165) is 6.07 Å². The van der Waals surface area contributed by atoms with Gasteiger partial charge in [0.15, 0.2) is 0 Å². The summed E-state index contributed by atoms with van der Waals surface area (Å²) in [5.74, 6) is -0.376. The zero-order chi connectivity index (χ0) is 17.6. The summed E-state index contributed by atoms with van der Waals surface area (Å²) in [4.78, 5) is 11.8. The lowest BCUT2D eigenvalue weighted by Gasteiger charge is -2.19. The summed E-state index contributed by atoms with van der Waals surface area (Å²) in [5, 5.41) is 1.62. The van der Waals surface area contributed by atoms with Crippen molar-refractivity contribution in [1.82, 2.24) is 0 Å². The van der Waals surface area contributed by atoms with Gasteiger partial charge < -0.3 is 10.1 Å². The van der Waals surface area contributed by atoms with Crippen LogP contribution in [0.5, 0.6) is 5.75 Å². The maximum absolute atomic E-state index is 13.5. The number of ether oxygens (including phenoxy) is 1. The molecular formula is C16H10Cl2F3NO2. The van der Waals surface area contributed by atoms with Crippen LogP contribution in [0.1, 0.15) is 16.5 Å². The molecule has 0 saturated carbocycles. The second-order valence-corrected chi connectivity index (χ2v) is 6.02. The molecule has 3 nitrogen and oxygen atoms in total. The quantitative estimate of drug-likeness (QED) is 0.726. The molecule has 8 heteroatoms. The lowest BCUT2D eigenvalue weighted by atomic mass is 9.94. The number of carbonyl (C=O) groups excluding carboxylic acids is 1. The SMILES string of the molecule is COc1ccc(Cl)cc1-c1c(C(F)(F)F)ccc2c1NC(=O)[C@@H]2Cl. The molecule has 0 radical (unpaired) electrons. The third kappa shape index (κ3) is 2.70. The molecule has 0 unspecified atom stereocenters. The lowest BCUT2D eigenvalue weighted by Crippen LogP contribution is -2.10. The van der Waals surface area contributed by atoms with Gasteiger partial charge in [0.05, 0.1) is 18.4 Å². The summed E-state index contributed by atoms with van der Waals surface area (Å²) in [7, 11) is 1.34. The van der Waals surface area contributed by atoms with Crippen molar-refractivity contribution in [1.29, 1.82) is 0 Å². The van der Waals surface area contributed by atoms with E-state index >= 15 is 0 Å². The number of amides is 1. The summed E-state index contributed by atoms with van der Waals surface area (Å²) in [5.41, 5.74) is -0.689. The fraction of sp³-hybridized carbons (Fsp3) is 0.188. The van der Waals surface area contributed by atoms with Crippen LogP contribution in [0, 0.1) is 0 Å². The number of halogens is 5. The second-order valence-electron chi connectivity index (χ2n) is 5.15. The average molecular weight is 376 g/mol. The minimum Gasteiger partial charge on any atom is -0.496 e. The Morgan fingerprint density at radius 2 is 1.92 bits per heavy atom. The van der Waals surface area contributed by atoms with Crippen LogP contribution >= 0.6 is 23.2 Å². The molecule has 0 saturated heterocycles. The lowest BCUT2D eigenvalue weighted by molar-refractivity contribution is -0.137. The predicted molar refractivity (Wildman–Crippen MR) is 85.7 cm³/mol. The first kappa shape index (κ1) is 16.9. The molecule has 1 aliphatic rings. The normalized spacial score (nSPS) is 16.8. The van der Waals surface area contributed by atoms with Gasteiger partial charge in [0.2, 0.25) is 5.91 Å². The predicted octanol–water partition coefficient (Wildman–Crippen LogP) is 5.27. The van der Waals surface area contributed by atoms with Crippen LogP contribution in [0.25, 0.3) is 11.1 Å². The number of methoxy groups -OCH3 is 1. The summed E-state index contributed by atoms with van der Waals surface area (Å²) >= 11 is 11.9. The highest BCUT2D eigenvalue weighted by molar-refractivity contribution is 6.35. The molecule has 1 amide bonds. The number of nitrogens with one attached hydrogen (secondary N) is 1. The van der Waals surface area contributed by atoms with Gasteiger partial charge in [-0.25, -0.2) is 0 Å². The average Bonchev–Trinajstić information content (AvgIpc) is 2.80. The maximum Gasteiger partial charge on any atom is 0.417 e. The molecule has 3 rings (SSSR count). The number of carbonyl (C=O) groups is 1. The minimum absolute atomic E-state index is 0.0235. The molecule has 0 aliphatic carbocycles. The largest absolute Gasteiger partial charge is 0.496 e. The van der Waals surface area contributed by atoms with Crippen molar-refractivity contribution < 1.29 is 22.7 Å². The van der Waals surface area contributed by atoms with Crippen molar-refractivity contribution in [3.05, 3.63) is 46.5 Å². The number of anilines is 1. The Labute approximate surface area is 145 Å². The van der Waals surface area contributed by atoms with E-state index in [9.17, 15) is 18.0 Å². The molecule has 0 aromatic heterocycles. The molecule has 0 fully saturated rings. The van der Waals surface area contributed by atoms with E-state index in [0.29, 0.717) is 0 Å². The zero-order valence-corrected chi connectivity index (χ0v) is 13.7. The molecule has 1 aliphatic heterocycles. The van der Waals surface area contributed by atoms with Crippen molar-refractivity contribution in [2.75, 3.05) is 12.4 Å². The third-order valence-electron chi connectivity index (χ3n) is 3.73. The summed E-state index contributed by atoms with van der Waals surface area (Å²) in [6.07, 6.45) is -4.63. The molecule has 0 spiro atoms.